The predicted octanol–water partition coefficient (Wildman–Crippen LogP) is 5.24. The maximum Gasteiger partial charge on any atom is 0.211 e. The molecule has 6 heteroatoms. The molecule has 0 fully saturated rings. The summed E-state index contributed by atoms with van der Waals surface area (Å²) in [6.45, 7) is 2.60. The van der Waals surface area contributed by atoms with Gasteiger partial charge in [-0.3, -0.25) is 0 Å². The van der Waals surface area contributed by atoms with E-state index >= 15 is 0 Å². The lowest BCUT2D eigenvalue weighted by molar-refractivity contribution is 0.491. The van der Waals surface area contributed by atoms with Crippen molar-refractivity contribution in [3.8, 4) is 11.3 Å². The van der Waals surface area contributed by atoms with Gasteiger partial charge in [-0.2, -0.15) is 5.10 Å². The van der Waals surface area contributed by atoms with E-state index in [4.69, 9.17) is 4.42 Å². The lowest BCUT2D eigenvalue weighted by atomic mass is 10.2. The summed E-state index contributed by atoms with van der Waals surface area (Å²) in [5.41, 5.74) is 3.17. The Hall–Kier alpha value is -2.70. The summed E-state index contributed by atoms with van der Waals surface area (Å²) in [6.07, 6.45) is 1.69. The number of thiazole rings is 1. The van der Waals surface area contributed by atoms with Crippen molar-refractivity contribution in [2.24, 2.45) is 10.2 Å². The fourth-order valence-electron chi connectivity index (χ4n) is 2.61. The van der Waals surface area contributed by atoms with Gasteiger partial charge in [-0.25, -0.2) is 0 Å². The summed E-state index contributed by atoms with van der Waals surface area (Å²) in [5, 5.41) is 13.1. The first-order valence-electron chi connectivity index (χ1n) is 8.19. The molecular formula is C20H17N3OS2. The number of hydrogen-bond donors (Lipinski definition) is 0. The summed E-state index contributed by atoms with van der Waals surface area (Å²) in [5.74, 6) is 0.890. The van der Waals surface area contributed by atoms with Crippen molar-refractivity contribution < 1.29 is 4.42 Å². The molecule has 1 aromatic carbocycles. The van der Waals surface area contributed by atoms with Gasteiger partial charge >= 0.3 is 0 Å². The molecule has 0 atom stereocenters. The maximum atomic E-state index is 5.55. The van der Waals surface area contributed by atoms with Crippen LogP contribution in [-0.2, 0) is 6.54 Å². The molecule has 0 amide bonds. The van der Waals surface area contributed by atoms with E-state index in [-0.39, 0.29) is 0 Å². The molecule has 0 N–H and O–H groups in total. The summed E-state index contributed by atoms with van der Waals surface area (Å²) >= 11 is 3.25. The zero-order valence-electron chi connectivity index (χ0n) is 14.2. The van der Waals surface area contributed by atoms with Crippen molar-refractivity contribution in [1.29, 1.82) is 0 Å². The Morgan fingerprint density at radius 3 is 2.65 bits per heavy atom. The molecule has 4 aromatic rings. The molecule has 0 spiro atoms. The van der Waals surface area contributed by atoms with E-state index in [1.165, 1.54) is 0 Å². The van der Waals surface area contributed by atoms with E-state index in [1.54, 1.807) is 28.9 Å². The van der Waals surface area contributed by atoms with Gasteiger partial charge in [-0.1, -0.05) is 36.4 Å². The lowest BCUT2D eigenvalue weighted by Gasteiger charge is -2.07. The molecular weight excluding hydrogens is 362 g/mol. The second-order valence-electron chi connectivity index (χ2n) is 5.70. The van der Waals surface area contributed by atoms with E-state index in [9.17, 15) is 0 Å². The number of aromatic nitrogens is 1. The average molecular weight is 380 g/mol. The Labute approximate surface area is 159 Å². The van der Waals surface area contributed by atoms with Gasteiger partial charge in [0.2, 0.25) is 4.80 Å². The third-order valence-corrected chi connectivity index (χ3v) is 5.76. The van der Waals surface area contributed by atoms with Crippen LogP contribution >= 0.6 is 22.7 Å². The molecule has 0 aliphatic rings. The Kier molecular flexibility index (Phi) is 4.95. The fraction of sp³-hybridized carbons (Fsp3) is 0.100. The first-order valence-corrected chi connectivity index (χ1v) is 9.95. The van der Waals surface area contributed by atoms with Crippen LogP contribution in [0.2, 0.25) is 0 Å². The molecule has 130 valence electrons. The third kappa shape index (κ3) is 3.61. The number of rotatable bonds is 5. The summed E-state index contributed by atoms with van der Waals surface area (Å²) in [7, 11) is 0. The van der Waals surface area contributed by atoms with Crippen LogP contribution in [0.25, 0.3) is 11.3 Å². The van der Waals surface area contributed by atoms with Crippen LogP contribution in [0, 0.1) is 0 Å². The van der Waals surface area contributed by atoms with Crippen molar-refractivity contribution in [2.45, 2.75) is 13.5 Å². The van der Waals surface area contributed by atoms with Crippen molar-refractivity contribution in [3.63, 3.8) is 0 Å². The van der Waals surface area contributed by atoms with Crippen molar-refractivity contribution >= 4 is 28.4 Å². The van der Waals surface area contributed by atoms with Gasteiger partial charge < -0.3 is 8.98 Å². The monoisotopic (exact) mass is 379 g/mol. The minimum Gasteiger partial charge on any atom is -0.467 e. The van der Waals surface area contributed by atoms with Crippen molar-refractivity contribution in [3.05, 3.63) is 87.1 Å². The fourth-order valence-corrected chi connectivity index (χ4v) is 4.14. The van der Waals surface area contributed by atoms with Gasteiger partial charge in [0.05, 0.1) is 29.1 Å². The molecule has 3 heterocycles. The molecule has 0 radical (unpaired) electrons. The van der Waals surface area contributed by atoms with Crippen molar-refractivity contribution in [2.75, 3.05) is 0 Å². The molecule has 4 nitrogen and oxygen atoms in total. The number of benzene rings is 1. The second kappa shape index (κ2) is 7.68. The van der Waals surface area contributed by atoms with E-state index in [0.29, 0.717) is 6.54 Å². The topological polar surface area (TPSA) is 42.8 Å². The van der Waals surface area contributed by atoms with E-state index in [0.717, 1.165) is 32.4 Å². The minimum absolute atomic E-state index is 0.618. The molecule has 0 unspecified atom stereocenters. The molecule has 26 heavy (non-hydrogen) atoms. The first-order chi connectivity index (χ1) is 12.8. The molecule has 0 aliphatic carbocycles. The predicted molar refractivity (Wildman–Crippen MR) is 108 cm³/mol. The Morgan fingerprint density at radius 2 is 1.92 bits per heavy atom. The maximum absolute atomic E-state index is 5.55. The van der Waals surface area contributed by atoms with Crippen LogP contribution in [0.4, 0.5) is 0 Å². The van der Waals surface area contributed by atoms with E-state index in [1.807, 2.05) is 48.7 Å². The molecule has 0 aliphatic heterocycles. The summed E-state index contributed by atoms with van der Waals surface area (Å²) < 4.78 is 7.69. The smallest absolute Gasteiger partial charge is 0.211 e. The summed E-state index contributed by atoms with van der Waals surface area (Å²) in [4.78, 5) is 1.97. The number of nitrogens with zero attached hydrogens (tertiary/aromatic N) is 3. The third-order valence-electron chi connectivity index (χ3n) is 3.92. The first kappa shape index (κ1) is 16.8. The number of thiophene rings is 1. The van der Waals surface area contributed by atoms with Gasteiger partial charge in [0.25, 0.3) is 0 Å². The molecule has 4 rings (SSSR count). The van der Waals surface area contributed by atoms with Gasteiger partial charge in [0, 0.05) is 5.38 Å². The number of hydrogen-bond acceptors (Lipinski definition) is 5. The molecule has 0 saturated heterocycles. The van der Waals surface area contributed by atoms with Crippen LogP contribution in [0.3, 0.4) is 0 Å². The quantitative estimate of drug-likeness (QED) is 0.345. The van der Waals surface area contributed by atoms with Gasteiger partial charge in [-0.15, -0.1) is 27.8 Å². The average Bonchev–Trinajstić information content (AvgIpc) is 3.43. The Balaban J connectivity index is 1.78. The molecule has 0 saturated carbocycles. The molecule has 3 aromatic heterocycles. The minimum atomic E-state index is 0.618. The Bertz CT molecular complexity index is 1060. The summed E-state index contributed by atoms with van der Waals surface area (Å²) in [6, 6.07) is 18.3. The number of furan rings is 1. The Morgan fingerprint density at radius 1 is 1.04 bits per heavy atom. The van der Waals surface area contributed by atoms with Gasteiger partial charge in [0.1, 0.15) is 5.76 Å². The van der Waals surface area contributed by atoms with Crippen LogP contribution < -0.4 is 4.80 Å². The normalized spacial score (nSPS) is 12.7. The standard InChI is InChI=1S/C20H17N3OS2/c1-15(19-10-6-12-25-19)21-22-20-23(13-17-9-5-11-24-17)18(14-26-20)16-7-3-2-4-8-16/h2-12,14H,13H2,1H3/b21-15-,22-20-. The van der Waals surface area contributed by atoms with Crippen LogP contribution in [-0.4, -0.2) is 10.3 Å². The highest BCUT2D eigenvalue weighted by molar-refractivity contribution is 7.12. The largest absolute Gasteiger partial charge is 0.467 e. The van der Waals surface area contributed by atoms with Crippen LogP contribution in [0.15, 0.2) is 86.2 Å². The van der Waals surface area contributed by atoms with Crippen molar-refractivity contribution in [1.82, 2.24) is 4.57 Å². The molecule has 0 bridgehead atoms. The van der Waals surface area contributed by atoms with Gasteiger partial charge in [0.15, 0.2) is 0 Å². The highest BCUT2D eigenvalue weighted by Crippen LogP contribution is 2.21. The highest BCUT2D eigenvalue weighted by Gasteiger charge is 2.10. The lowest BCUT2D eigenvalue weighted by Crippen LogP contribution is -2.16. The van der Waals surface area contributed by atoms with Crippen LogP contribution in [0.1, 0.15) is 17.6 Å². The highest BCUT2D eigenvalue weighted by atomic mass is 32.1. The van der Waals surface area contributed by atoms with E-state index < -0.39 is 0 Å². The second-order valence-corrected chi connectivity index (χ2v) is 7.48. The zero-order chi connectivity index (χ0) is 17.8. The zero-order valence-corrected chi connectivity index (χ0v) is 15.8. The SMILES string of the molecule is C/C(=N/N=c1\scc(-c2ccccc2)n1Cc1ccco1)c1cccs1. The van der Waals surface area contributed by atoms with Gasteiger partial charge in [-0.05, 0) is 36.1 Å². The van der Waals surface area contributed by atoms with E-state index in [2.05, 4.69) is 38.3 Å². The van der Waals surface area contributed by atoms with Crippen LogP contribution in [0.5, 0.6) is 0 Å².